The Morgan fingerprint density at radius 2 is 1.58 bits per heavy atom. The molecule has 0 unspecified atom stereocenters. The number of fused-ring (bicyclic) bond motifs is 5. The SMILES string of the molecule is CC[C@@]1(O)C(=O)OCc2c1cc1n(c2=O)Cc2c-1nc1cc(F)c(C)c3c1c2[C@@H](NC(=O)C1(COCNC(=O)CNC(=O)[C@H](Cc2ccccc2)NC(=O)CNC(=O)CNC(=O)CCCCCN2C(=O)C=CC2=O)CC1)CC3. The summed E-state index contributed by atoms with van der Waals surface area (Å²) in [5.41, 5.74) is 1.26. The second kappa shape index (κ2) is 22.8. The summed E-state index contributed by atoms with van der Waals surface area (Å²) >= 11 is 0. The molecule has 8 amide bonds. The molecule has 1 saturated carbocycles. The van der Waals surface area contributed by atoms with Crippen molar-refractivity contribution in [1.29, 1.82) is 0 Å². The van der Waals surface area contributed by atoms with Crippen LogP contribution < -0.4 is 37.5 Å². The van der Waals surface area contributed by atoms with Crippen molar-refractivity contribution < 1.29 is 62.1 Å². The number of aliphatic hydroxyl groups is 1. The maximum atomic E-state index is 15.5. The fourth-order valence-electron chi connectivity index (χ4n) is 10.5. The molecule has 23 heteroatoms. The van der Waals surface area contributed by atoms with Gasteiger partial charge in [-0.25, -0.2) is 14.2 Å². The highest BCUT2D eigenvalue weighted by atomic mass is 19.1. The predicted molar refractivity (Wildman–Crippen MR) is 274 cm³/mol. The zero-order valence-electron chi connectivity index (χ0n) is 43.1. The van der Waals surface area contributed by atoms with Crippen LogP contribution in [0.3, 0.4) is 0 Å². The molecule has 3 atom stereocenters. The zero-order chi connectivity index (χ0) is 55.5. The van der Waals surface area contributed by atoms with E-state index in [1.807, 2.05) is 0 Å². The molecule has 78 heavy (non-hydrogen) atoms. The van der Waals surface area contributed by atoms with Crippen molar-refractivity contribution >= 4 is 64.1 Å². The Balaban J connectivity index is 0.751. The fourth-order valence-corrected chi connectivity index (χ4v) is 10.5. The molecule has 2 aromatic heterocycles. The Labute approximate surface area is 446 Å². The number of amides is 8. The number of pyridine rings is 2. The van der Waals surface area contributed by atoms with Crippen LogP contribution in [0.2, 0.25) is 0 Å². The lowest BCUT2D eigenvalue weighted by molar-refractivity contribution is -0.172. The Morgan fingerprint density at radius 3 is 2.31 bits per heavy atom. The number of esters is 1. The molecule has 1 fully saturated rings. The number of aromatic nitrogens is 2. The van der Waals surface area contributed by atoms with Crippen LogP contribution in [-0.2, 0) is 84.2 Å². The Morgan fingerprint density at radius 1 is 0.872 bits per heavy atom. The summed E-state index contributed by atoms with van der Waals surface area (Å²) in [5, 5.41) is 27.9. The lowest BCUT2D eigenvalue weighted by atomic mass is 9.81. The van der Waals surface area contributed by atoms with Crippen molar-refractivity contribution in [2.75, 3.05) is 39.5 Å². The summed E-state index contributed by atoms with van der Waals surface area (Å²) in [6, 6.07) is 10.0. The summed E-state index contributed by atoms with van der Waals surface area (Å²) in [7, 11) is 0. The second-order valence-corrected chi connectivity index (χ2v) is 20.3. The van der Waals surface area contributed by atoms with Crippen LogP contribution in [0.1, 0.15) is 103 Å². The van der Waals surface area contributed by atoms with Crippen molar-refractivity contribution in [3.8, 4) is 11.4 Å². The highest BCUT2D eigenvalue weighted by molar-refractivity contribution is 6.12. The van der Waals surface area contributed by atoms with E-state index in [4.69, 9.17) is 14.5 Å². The molecule has 0 spiro atoms. The minimum absolute atomic E-state index is 0.0394. The molecule has 2 aromatic carbocycles. The van der Waals surface area contributed by atoms with Gasteiger partial charge in [-0.3, -0.25) is 48.1 Å². The van der Waals surface area contributed by atoms with E-state index in [2.05, 4.69) is 31.9 Å². The lowest BCUT2D eigenvalue weighted by Gasteiger charge is -2.31. The van der Waals surface area contributed by atoms with Crippen molar-refractivity contribution in [1.82, 2.24) is 46.4 Å². The standard InChI is InChI=1S/C55H60FN9O13/c1-3-55(76)35-21-40-49-33(26-65(40)51(73)34(35)27-78-53(55)75)48-37(14-13-32-30(2)36(56)22-38(62-49)47(32)48)63-52(74)54(17-18-54)28-77-29-60-43(68)24-59-50(72)39(20-31-10-6-4-7-11-31)61-44(69)25-58-42(67)23-57-41(66)12-8-5-9-19-64-45(70)15-16-46(64)71/h4,6-7,10-11,15-16,21-22,37,39,76H,3,5,8-9,12-14,17-20,23-29H2,1-2H3,(H,57,66)(H,58,67)(H,59,72)(H,60,68)(H,61,69)(H,63,74)/t37-,39-,55-/m0/s1. The molecular formula is C55H60FN9O13. The number of hydrogen-bond donors (Lipinski definition) is 7. The number of cyclic esters (lactones) is 1. The van der Waals surface area contributed by atoms with E-state index >= 15 is 4.39 Å². The number of carbonyl (C=O) groups is 9. The highest BCUT2D eigenvalue weighted by Gasteiger charge is 2.51. The quantitative estimate of drug-likeness (QED) is 0.0209. The number of carbonyl (C=O) groups excluding carboxylic acids is 9. The number of ether oxygens (including phenoxy) is 2. The number of halogens is 1. The van der Waals surface area contributed by atoms with Gasteiger partial charge < -0.3 is 51.0 Å². The number of hydrogen-bond acceptors (Lipinski definition) is 14. The second-order valence-electron chi connectivity index (χ2n) is 20.3. The number of rotatable bonds is 23. The minimum Gasteiger partial charge on any atom is -0.458 e. The summed E-state index contributed by atoms with van der Waals surface area (Å²) in [6.45, 7) is 1.60. The van der Waals surface area contributed by atoms with Gasteiger partial charge in [0, 0.05) is 54.1 Å². The van der Waals surface area contributed by atoms with Crippen molar-refractivity contribution in [2.45, 2.75) is 109 Å². The summed E-state index contributed by atoms with van der Waals surface area (Å²) in [6.07, 6.45) is 5.96. The predicted octanol–water partition coefficient (Wildman–Crippen LogP) is 1.06. The fraction of sp³-hybridized carbons (Fsp3) is 0.436. The topological polar surface area (TPSA) is 303 Å². The monoisotopic (exact) mass is 1070 g/mol. The van der Waals surface area contributed by atoms with Gasteiger partial charge >= 0.3 is 5.97 Å². The van der Waals surface area contributed by atoms with Gasteiger partial charge in [-0.05, 0) is 80.2 Å². The summed E-state index contributed by atoms with van der Waals surface area (Å²) in [4.78, 5) is 134. The van der Waals surface area contributed by atoms with Crippen LogP contribution in [0.4, 0.5) is 4.39 Å². The molecule has 0 radical (unpaired) electrons. The number of nitrogens with zero attached hydrogens (tertiary/aromatic N) is 3. The summed E-state index contributed by atoms with van der Waals surface area (Å²) < 4.78 is 28.0. The first-order chi connectivity index (χ1) is 37.4. The van der Waals surface area contributed by atoms with Crippen LogP contribution in [0.5, 0.6) is 0 Å². The van der Waals surface area contributed by atoms with Gasteiger partial charge in [-0.15, -0.1) is 0 Å². The third-order valence-corrected chi connectivity index (χ3v) is 15.2. The Hall–Kier alpha value is -8.18. The van der Waals surface area contributed by atoms with E-state index in [0.29, 0.717) is 89.5 Å². The van der Waals surface area contributed by atoms with E-state index in [1.54, 1.807) is 50.2 Å². The highest BCUT2D eigenvalue weighted by Crippen LogP contribution is 2.49. The van der Waals surface area contributed by atoms with Crippen LogP contribution in [0, 0.1) is 18.2 Å². The maximum absolute atomic E-state index is 15.5. The maximum Gasteiger partial charge on any atom is 0.343 e. The third kappa shape index (κ3) is 11.3. The van der Waals surface area contributed by atoms with E-state index < -0.39 is 89.6 Å². The molecule has 5 heterocycles. The van der Waals surface area contributed by atoms with E-state index in [1.165, 1.54) is 22.8 Å². The average molecular weight is 1070 g/mol. The summed E-state index contributed by atoms with van der Waals surface area (Å²) in [5.74, 6) is -5.37. The lowest BCUT2D eigenvalue weighted by Crippen LogP contribution is -2.52. The van der Waals surface area contributed by atoms with Crippen molar-refractivity contribution in [2.24, 2.45) is 5.41 Å². The molecule has 9 rings (SSSR count). The van der Waals surface area contributed by atoms with Gasteiger partial charge in [0.05, 0.1) is 66.7 Å². The molecule has 5 aliphatic rings. The van der Waals surface area contributed by atoms with Crippen molar-refractivity contribution in [3.05, 3.63) is 110 Å². The Kier molecular flexibility index (Phi) is 16.0. The largest absolute Gasteiger partial charge is 0.458 e. The van der Waals surface area contributed by atoms with Crippen molar-refractivity contribution in [3.63, 3.8) is 0 Å². The minimum atomic E-state index is -2.04. The van der Waals surface area contributed by atoms with Gasteiger partial charge in [0.15, 0.2) is 5.60 Å². The first kappa shape index (κ1) is 54.6. The van der Waals surface area contributed by atoms with E-state index in [0.717, 1.165) is 10.5 Å². The number of unbranched alkanes of at least 4 members (excludes halogenated alkanes) is 2. The van der Waals surface area contributed by atoms with E-state index in [-0.39, 0.29) is 81.1 Å². The molecular weight excluding hydrogens is 1010 g/mol. The van der Waals surface area contributed by atoms with Gasteiger partial charge in [0.25, 0.3) is 17.4 Å². The molecule has 4 aromatic rings. The molecule has 2 aliphatic carbocycles. The third-order valence-electron chi connectivity index (χ3n) is 15.2. The molecule has 410 valence electrons. The van der Waals surface area contributed by atoms with Gasteiger partial charge in [-0.1, -0.05) is 43.7 Å². The van der Waals surface area contributed by atoms with Gasteiger partial charge in [0.1, 0.15) is 25.2 Å². The molecule has 22 nitrogen and oxygen atoms in total. The first-order valence-electron chi connectivity index (χ1n) is 26.1. The number of imide groups is 1. The van der Waals surface area contributed by atoms with Crippen LogP contribution in [0.15, 0.2) is 59.4 Å². The molecule has 3 aliphatic heterocycles. The van der Waals surface area contributed by atoms with Gasteiger partial charge in [0.2, 0.25) is 35.4 Å². The van der Waals surface area contributed by atoms with Crippen LogP contribution >= 0.6 is 0 Å². The average Bonchev–Trinajstić information content (AvgIpc) is 4.25. The number of nitrogens with one attached hydrogen (secondary N) is 6. The van der Waals surface area contributed by atoms with E-state index in [9.17, 15) is 53.1 Å². The molecule has 0 bridgehead atoms. The van der Waals surface area contributed by atoms with Crippen LogP contribution in [-0.4, -0.2) is 118 Å². The Bertz CT molecular complexity index is 3230. The normalized spacial score (nSPS) is 18.5. The molecule has 7 N–H and O–H groups in total. The number of aryl methyl sites for hydroxylation is 1. The van der Waals surface area contributed by atoms with Gasteiger partial charge in [-0.2, -0.15) is 0 Å². The molecule has 0 saturated heterocycles. The first-order valence-corrected chi connectivity index (χ1v) is 26.1. The zero-order valence-corrected chi connectivity index (χ0v) is 43.1. The number of benzene rings is 2. The van der Waals surface area contributed by atoms with Crippen LogP contribution in [0.25, 0.3) is 22.3 Å². The smallest absolute Gasteiger partial charge is 0.343 e.